The van der Waals surface area contributed by atoms with Gasteiger partial charge in [-0.2, -0.15) is 0 Å². The first kappa shape index (κ1) is 12.3. The van der Waals surface area contributed by atoms with E-state index in [-0.39, 0.29) is 0 Å². The quantitative estimate of drug-likeness (QED) is 0.874. The minimum absolute atomic E-state index is 0.724. The predicted molar refractivity (Wildman–Crippen MR) is 72.4 cm³/mol. The second kappa shape index (κ2) is 5.95. The fraction of sp³-hybridized carbons (Fsp3) is 0.538. The third-order valence-corrected chi connectivity index (χ3v) is 4.50. The van der Waals surface area contributed by atoms with E-state index in [1.165, 1.54) is 24.2 Å². The van der Waals surface area contributed by atoms with Crippen molar-refractivity contribution in [2.75, 3.05) is 6.54 Å². The van der Waals surface area contributed by atoms with Crippen molar-refractivity contribution >= 4 is 23.4 Å². The van der Waals surface area contributed by atoms with Gasteiger partial charge in [-0.3, -0.25) is 0 Å². The van der Waals surface area contributed by atoms with E-state index < -0.39 is 0 Å². The topological polar surface area (TPSA) is 12.0 Å². The van der Waals surface area contributed by atoms with Crippen LogP contribution in [-0.4, -0.2) is 17.8 Å². The van der Waals surface area contributed by atoms with Crippen LogP contribution in [0.15, 0.2) is 29.2 Å². The van der Waals surface area contributed by atoms with E-state index in [1.54, 1.807) is 0 Å². The molecule has 1 aromatic carbocycles. The monoisotopic (exact) mass is 255 g/mol. The van der Waals surface area contributed by atoms with Gasteiger partial charge in [-0.05, 0) is 44.0 Å². The second-order valence-corrected chi connectivity index (χ2v) is 6.08. The van der Waals surface area contributed by atoms with Crippen LogP contribution in [0.1, 0.15) is 26.2 Å². The van der Waals surface area contributed by atoms with Gasteiger partial charge in [0.25, 0.3) is 0 Å². The smallest absolute Gasteiger partial charge is 0.0417 e. The largest absolute Gasteiger partial charge is 0.314 e. The van der Waals surface area contributed by atoms with Gasteiger partial charge in [0.15, 0.2) is 0 Å². The predicted octanol–water partition coefficient (Wildman–Crippen LogP) is 3.96. The Morgan fingerprint density at radius 1 is 1.44 bits per heavy atom. The first-order valence-electron chi connectivity index (χ1n) is 5.93. The lowest BCUT2D eigenvalue weighted by Gasteiger charge is -2.11. The number of halogens is 1. The fourth-order valence-electron chi connectivity index (χ4n) is 2.25. The molecular formula is C13H18ClNS. The third kappa shape index (κ3) is 3.41. The minimum Gasteiger partial charge on any atom is -0.314 e. The first-order chi connectivity index (χ1) is 7.78. The van der Waals surface area contributed by atoms with Crippen molar-refractivity contribution in [3.63, 3.8) is 0 Å². The van der Waals surface area contributed by atoms with Crippen LogP contribution in [0, 0.1) is 0 Å². The average molecular weight is 256 g/mol. The summed E-state index contributed by atoms with van der Waals surface area (Å²) in [5.41, 5.74) is 0. The average Bonchev–Trinajstić information content (AvgIpc) is 2.66. The number of rotatable bonds is 4. The molecular weight excluding hydrogens is 238 g/mol. The maximum Gasteiger partial charge on any atom is 0.0417 e. The second-order valence-electron chi connectivity index (χ2n) is 4.26. The van der Waals surface area contributed by atoms with Crippen LogP contribution >= 0.6 is 23.4 Å². The Morgan fingerprint density at radius 3 is 3.06 bits per heavy atom. The van der Waals surface area contributed by atoms with Crippen molar-refractivity contribution in [1.29, 1.82) is 0 Å². The normalized spacial score (nSPS) is 24.9. The van der Waals surface area contributed by atoms with Crippen molar-refractivity contribution in [3.05, 3.63) is 29.3 Å². The van der Waals surface area contributed by atoms with Crippen molar-refractivity contribution in [3.8, 4) is 0 Å². The first-order valence-corrected chi connectivity index (χ1v) is 7.19. The van der Waals surface area contributed by atoms with Gasteiger partial charge < -0.3 is 5.32 Å². The van der Waals surface area contributed by atoms with Gasteiger partial charge in [-0.15, -0.1) is 11.8 Å². The summed E-state index contributed by atoms with van der Waals surface area (Å²) in [4.78, 5) is 1.30. The SMILES string of the molecule is CCNC1CCC(Sc2cccc(Cl)c2)C1. The fourth-order valence-corrected chi connectivity index (χ4v) is 3.83. The van der Waals surface area contributed by atoms with Gasteiger partial charge in [0.2, 0.25) is 0 Å². The molecule has 88 valence electrons. The lowest BCUT2D eigenvalue weighted by molar-refractivity contribution is 0.543. The molecule has 0 bridgehead atoms. The number of hydrogen-bond acceptors (Lipinski definition) is 2. The van der Waals surface area contributed by atoms with Crippen molar-refractivity contribution in [2.24, 2.45) is 0 Å². The van der Waals surface area contributed by atoms with Crippen LogP contribution in [0.2, 0.25) is 5.02 Å². The van der Waals surface area contributed by atoms with Gasteiger partial charge in [0.1, 0.15) is 0 Å². The van der Waals surface area contributed by atoms with Crippen LogP contribution in [0.4, 0.5) is 0 Å². The highest BCUT2D eigenvalue weighted by atomic mass is 35.5. The van der Waals surface area contributed by atoms with Crippen LogP contribution < -0.4 is 5.32 Å². The summed E-state index contributed by atoms with van der Waals surface area (Å²) < 4.78 is 0. The van der Waals surface area contributed by atoms with E-state index in [2.05, 4.69) is 24.4 Å². The van der Waals surface area contributed by atoms with Crippen LogP contribution in [0.3, 0.4) is 0 Å². The van der Waals surface area contributed by atoms with Crippen molar-refractivity contribution < 1.29 is 0 Å². The van der Waals surface area contributed by atoms with Crippen LogP contribution in [0.5, 0.6) is 0 Å². The van der Waals surface area contributed by atoms with Gasteiger partial charge in [0.05, 0.1) is 0 Å². The minimum atomic E-state index is 0.724. The van der Waals surface area contributed by atoms with Gasteiger partial charge in [-0.25, -0.2) is 0 Å². The van der Waals surface area contributed by atoms with Crippen molar-refractivity contribution in [2.45, 2.75) is 42.4 Å². The summed E-state index contributed by atoms with van der Waals surface area (Å²) in [5.74, 6) is 0. The summed E-state index contributed by atoms with van der Waals surface area (Å²) in [5, 5.41) is 5.12. The lowest BCUT2D eigenvalue weighted by atomic mass is 10.2. The molecule has 1 nitrogen and oxygen atoms in total. The highest BCUT2D eigenvalue weighted by molar-refractivity contribution is 8.00. The maximum atomic E-state index is 5.98. The number of hydrogen-bond donors (Lipinski definition) is 1. The molecule has 1 aromatic rings. The molecule has 0 saturated heterocycles. The molecule has 0 spiro atoms. The summed E-state index contributed by atoms with van der Waals surface area (Å²) >= 11 is 7.95. The molecule has 0 heterocycles. The Morgan fingerprint density at radius 2 is 2.31 bits per heavy atom. The van der Waals surface area contributed by atoms with E-state index in [4.69, 9.17) is 11.6 Å². The zero-order valence-electron chi connectivity index (χ0n) is 9.58. The lowest BCUT2D eigenvalue weighted by Crippen LogP contribution is -2.26. The molecule has 3 heteroatoms. The van der Waals surface area contributed by atoms with E-state index in [0.717, 1.165) is 22.9 Å². The van der Waals surface area contributed by atoms with Gasteiger partial charge in [0, 0.05) is 21.2 Å². The summed E-state index contributed by atoms with van der Waals surface area (Å²) in [7, 11) is 0. The van der Waals surface area contributed by atoms with Crippen LogP contribution in [-0.2, 0) is 0 Å². The number of benzene rings is 1. The number of nitrogens with one attached hydrogen (secondary N) is 1. The molecule has 0 aromatic heterocycles. The van der Waals surface area contributed by atoms with E-state index >= 15 is 0 Å². The maximum absolute atomic E-state index is 5.98. The Hall–Kier alpha value is -0.180. The molecule has 0 amide bonds. The van der Waals surface area contributed by atoms with Gasteiger partial charge >= 0.3 is 0 Å². The Bertz CT molecular complexity index is 342. The zero-order chi connectivity index (χ0) is 11.4. The molecule has 16 heavy (non-hydrogen) atoms. The highest BCUT2D eigenvalue weighted by Crippen LogP contribution is 2.35. The summed E-state index contributed by atoms with van der Waals surface area (Å²) in [6.45, 7) is 3.26. The van der Waals surface area contributed by atoms with Gasteiger partial charge in [-0.1, -0.05) is 24.6 Å². The number of thioether (sulfide) groups is 1. The van der Waals surface area contributed by atoms with Crippen LogP contribution in [0.25, 0.3) is 0 Å². The highest BCUT2D eigenvalue weighted by Gasteiger charge is 2.24. The zero-order valence-corrected chi connectivity index (χ0v) is 11.2. The molecule has 2 rings (SSSR count). The third-order valence-electron chi connectivity index (χ3n) is 2.98. The van der Waals surface area contributed by atoms with E-state index in [9.17, 15) is 0 Å². The molecule has 1 saturated carbocycles. The molecule has 2 atom stereocenters. The molecule has 1 aliphatic rings. The summed E-state index contributed by atoms with van der Waals surface area (Å²) in [6, 6.07) is 8.90. The molecule has 0 aliphatic heterocycles. The molecule has 1 N–H and O–H groups in total. The molecule has 1 fully saturated rings. The standard InChI is InChI=1S/C13H18ClNS/c1-2-15-11-6-7-13(9-11)16-12-5-3-4-10(14)8-12/h3-5,8,11,13,15H,2,6-7,9H2,1H3. The Balaban J connectivity index is 1.87. The van der Waals surface area contributed by atoms with E-state index in [0.29, 0.717) is 0 Å². The molecule has 2 unspecified atom stereocenters. The Kier molecular flexibility index (Phi) is 4.56. The molecule has 0 radical (unpaired) electrons. The Labute approximate surface area is 107 Å². The van der Waals surface area contributed by atoms with E-state index in [1.807, 2.05) is 23.9 Å². The molecule has 1 aliphatic carbocycles. The van der Waals surface area contributed by atoms with Crippen molar-refractivity contribution in [1.82, 2.24) is 5.32 Å². The summed E-state index contributed by atoms with van der Waals surface area (Å²) in [6.07, 6.45) is 3.91.